The van der Waals surface area contributed by atoms with Crippen molar-refractivity contribution in [2.45, 2.75) is 13.8 Å². The van der Waals surface area contributed by atoms with Gasteiger partial charge in [-0.25, -0.2) is 0 Å². The summed E-state index contributed by atoms with van der Waals surface area (Å²) in [6.45, 7) is 3.96. The molecular formula is C13H11BrOS. The first-order valence-corrected chi connectivity index (χ1v) is 6.57. The maximum absolute atomic E-state index is 12.2. The Hall–Kier alpha value is -0.930. The van der Waals surface area contributed by atoms with Crippen LogP contribution in [0.2, 0.25) is 0 Å². The molecule has 1 nitrogen and oxygen atoms in total. The zero-order valence-electron chi connectivity index (χ0n) is 9.08. The van der Waals surface area contributed by atoms with Crippen LogP contribution in [0.5, 0.6) is 0 Å². The second-order valence-electron chi connectivity index (χ2n) is 3.66. The van der Waals surface area contributed by atoms with Crippen molar-refractivity contribution >= 4 is 33.0 Å². The summed E-state index contributed by atoms with van der Waals surface area (Å²) in [7, 11) is 0. The van der Waals surface area contributed by atoms with Crippen molar-refractivity contribution < 1.29 is 4.79 Å². The van der Waals surface area contributed by atoms with E-state index in [0.29, 0.717) is 0 Å². The third kappa shape index (κ3) is 2.11. The fourth-order valence-corrected chi connectivity index (χ4v) is 3.02. The maximum atomic E-state index is 12.2. The van der Waals surface area contributed by atoms with Gasteiger partial charge in [0.15, 0.2) is 0 Å². The summed E-state index contributed by atoms with van der Waals surface area (Å²) in [4.78, 5) is 14.1. The number of carbonyl (C=O) groups is 1. The van der Waals surface area contributed by atoms with Gasteiger partial charge in [-0.15, -0.1) is 11.3 Å². The van der Waals surface area contributed by atoms with Gasteiger partial charge in [-0.2, -0.15) is 0 Å². The molecule has 0 saturated carbocycles. The van der Waals surface area contributed by atoms with E-state index in [1.54, 1.807) is 0 Å². The molecule has 1 aromatic heterocycles. The van der Waals surface area contributed by atoms with Crippen molar-refractivity contribution in [3.8, 4) is 0 Å². The third-order valence-electron chi connectivity index (χ3n) is 2.47. The van der Waals surface area contributed by atoms with Crippen LogP contribution in [0, 0.1) is 13.8 Å². The predicted molar refractivity (Wildman–Crippen MR) is 71.4 cm³/mol. The Bertz CT molecular complexity index is 523. The minimum absolute atomic E-state index is 0.108. The van der Waals surface area contributed by atoms with Crippen molar-refractivity contribution in [1.82, 2.24) is 0 Å². The highest BCUT2D eigenvalue weighted by atomic mass is 79.9. The number of halogens is 1. The Morgan fingerprint density at radius 2 is 1.94 bits per heavy atom. The number of ketones is 1. The lowest BCUT2D eigenvalue weighted by Crippen LogP contribution is -2.00. The molecule has 1 heterocycles. The molecule has 82 valence electrons. The molecule has 0 bridgehead atoms. The Balaban J connectivity index is 2.43. The quantitative estimate of drug-likeness (QED) is 0.752. The second kappa shape index (κ2) is 4.52. The van der Waals surface area contributed by atoms with Crippen LogP contribution in [0.1, 0.15) is 25.7 Å². The van der Waals surface area contributed by atoms with E-state index >= 15 is 0 Å². The highest BCUT2D eigenvalue weighted by Crippen LogP contribution is 2.28. The molecule has 0 fully saturated rings. The van der Waals surface area contributed by atoms with Crippen LogP contribution in [0.15, 0.2) is 34.8 Å². The van der Waals surface area contributed by atoms with Gasteiger partial charge < -0.3 is 0 Å². The fraction of sp³-hybridized carbons (Fsp3) is 0.154. The van der Waals surface area contributed by atoms with Crippen LogP contribution in [-0.4, -0.2) is 5.78 Å². The summed E-state index contributed by atoms with van der Waals surface area (Å²) in [5.74, 6) is 0.108. The van der Waals surface area contributed by atoms with Crippen LogP contribution >= 0.6 is 27.3 Å². The molecule has 3 heteroatoms. The van der Waals surface area contributed by atoms with E-state index in [4.69, 9.17) is 0 Å². The minimum Gasteiger partial charge on any atom is -0.288 e. The number of aryl methyl sites for hydroxylation is 2. The van der Waals surface area contributed by atoms with Crippen LogP contribution in [0.25, 0.3) is 0 Å². The van der Waals surface area contributed by atoms with E-state index in [1.165, 1.54) is 11.3 Å². The largest absolute Gasteiger partial charge is 0.288 e. The van der Waals surface area contributed by atoms with Crippen LogP contribution < -0.4 is 0 Å². The van der Waals surface area contributed by atoms with Gasteiger partial charge in [0.1, 0.15) is 0 Å². The standard InChI is InChI=1S/C13H11BrOS/c1-8-5-3-4-6-10(8)13(15)12-7-11(14)9(2)16-12/h3-7H,1-2H3. The first-order chi connectivity index (χ1) is 7.59. The number of carbonyl (C=O) groups excluding carboxylic acids is 1. The SMILES string of the molecule is Cc1ccccc1C(=O)c1cc(Br)c(C)s1. The van der Waals surface area contributed by atoms with E-state index in [-0.39, 0.29) is 5.78 Å². The second-order valence-corrected chi connectivity index (χ2v) is 5.77. The molecule has 0 aliphatic rings. The van der Waals surface area contributed by atoms with Crippen LogP contribution in [-0.2, 0) is 0 Å². The fourth-order valence-electron chi connectivity index (χ4n) is 1.53. The normalized spacial score (nSPS) is 10.4. The predicted octanol–water partition coefficient (Wildman–Crippen LogP) is 4.36. The summed E-state index contributed by atoms with van der Waals surface area (Å²) in [6.07, 6.45) is 0. The molecule has 1 aromatic carbocycles. The van der Waals surface area contributed by atoms with Gasteiger partial charge in [-0.1, -0.05) is 24.3 Å². The highest BCUT2D eigenvalue weighted by molar-refractivity contribution is 9.10. The number of thiophene rings is 1. The molecule has 0 aliphatic carbocycles. The maximum Gasteiger partial charge on any atom is 0.203 e. The van der Waals surface area contributed by atoms with Gasteiger partial charge in [-0.05, 0) is 41.4 Å². The highest BCUT2D eigenvalue weighted by Gasteiger charge is 2.14. The number of hydrogen-bond acceptors (Lipinski definition) is 2. The summed E-state index contributed by atoms with van der Waals surface area (Å²) in [6, 6.07) is 9.58. The van der Waals surface area contributed by atoms with E-state index in [2.05, 4.69) is 15.9 Å². The average Bonchev–Trinajstić information content (AvgIpc) is 2.59. The number of hydrogen-bond donors (Lipinski definition) is 0. The Kier molecular flexibility index (Phi) is 3.26. The van der Waals surface area contributed by atoms with Crippen LogP contribution in [0.4, 0.5) is 0 Å². The minimum atomic E-state index is 0.108. The van der Waals surface area contributed by atoms with E-state index < -0.39 is 0 Å². The first-order valence-electron chi connectivity index (χ1n) is 4.96. The molecule has 0 saturated heterocycles. The molecule has 16 heavy (non-hydrogen) atoms. The molecule has 0 radical (unpaired) electrons. The van der Waals surface area contributed by atoms with Crippen molar-refractivity contribution in [2.24, 2.45) is 0 Å². The van der Waals surface area contributed by atoms with E-state index in [9.17, 15) is 4.79 Å². The van der Waals surface area contributed by atoms with Gasteiger partial charge in [0.25, 0.3) is 0 Å². The monoisotopic (exact) mass is 294 g/mol. The molecule has 0 atom stereocenters. The lowest BCUT2D eigenvalue weighted by Gasteiger charge is -2.01. The van der Waals surface area contributed by atoms with Gasteiger partial charge >= 0.3 is 0 Å². The lowest BCUT2D eigenvalue weighted by atomic mass is 10.0. The molecule has 0 N–H and O–H groups in total. The Morgan fingerprint density at radius 1 is 1.25 bits per heavy atom. The van der Waals surface area contributed by atoms with Gasteiger partial charge in [-0.3, -0.25) is 4.79 Å². The van der Waals surface area contributed by atoms with Gasteiger partial charge in [0, 0.05) is 14.9 Å². The Morgan fingerprint density at radius 3 is 2.50 bits per heavy atom. The molecule has 0 unspecified atom stereocenters. The molecular weight excluding hydrogens is 284 g/mol. The summed E-state index contributed by atoms with van der Waals surface area (Å²) >= 11 is 4.96. The number of benzene rings is 1. The topological polar surface area (TPSA) is 17.1 Å². The zero-order chi connectivity index (χ0) is 11.7. The number of rotatable bonds is 2. The Labute approximate surface area is 107 Å². The van der Waals surface area contributed by atoms with E-state index in [0.717, 1.165) is 25.4 Å². The van der Waals surface area contributed by atoms with Gasteiger partial charge in [0.05, 0.1) is 4.88 Å². The van der Waals surface area contributed by atoms with Crippen molar-refractivity contribution in [1.29, 1.82) is 0 Å². The summed E-state index contributed by atoms with van der Waals surface area (Å²) < 4.78 is 1.01. The molecule has 0 amide bonds. The van der Waals surface area contributed by atoms with Crippen LogP contribution in [0.3, 0.4) is 0 Å². The smallest absolute Gasteiger partial charge is 0.203 e. The van der Waals surface area contributed by atoms with Gasteiger partial charge in [0.2, 0.25) is 5.78 Å². The van der Waals surface area contributed by atoms with Crippen molar-refractivity contribution in [3.63, 3.8) is 0 Å². The molecule has 0 aliphatic heterocycles. The summed E-state index contributed by atoms with van der Waals surface area (Å²) in [5.41, 5.74) is 1.81. The van der Waals surface area contributed by atoms with Crippen molar-refractivity contribution in [3.05, 3.63) is 55.7 Å². The third-order valence-corrected chi connectivity index (χ3v) is 4.61. The molecule has 0 spiro atoms. The van der Waals surface area contributed by atoms with Crippen molar-refractivity contribution in [2.75, 3.05) is 0 Å². The molecule has 2 rings (SSSR count). The lowest BCUT2D eigenvalue weighted by molar-refractivity contribution is 0.104. The van der Waals surface area contributed by atoms with E-state index in [1.807, 2.05) is 44.2 Å². The summed E-state index contributed by atoms with van der Waals surface area (Å²) in [5, 5.41) is 0. The zero-order valence-corrected chi connectivity index (χ0v) is 11.5. The molecule has 2 aromatic rings. The first kappa shape index (κ1) is 11.6. The average molecular weight is 295 g/mol.